The Hall–Kier alpha value is -3.49. The Labute approximate surface area is 204 Å². The number of methoxy groups -OCH3 is 1. The van der Waals surface area contributed by atoms with Crippen LogP contribution in [0.3, 0.4) is 0 Å². The van der Waals surface area contributed by atoms with E-state index < -0.39 is 41.1 Å². The van der Waals surface area contributed by atoms with Crippen molar-refractivity contribution in [3.05, 3.63) is 83.4 Å². The molecule has 0 aliphatic rings. The summed E-state index contributed by atoms with van der Waals surface area (Å²) in [5.41, 5.74) is -1.56. The molecule has 0 N–H and O–H groups in total. The van der Waals surface area contributed by atoms with Gasteiger partial charge >= 0.3 is 18.3 Å². The van der Waals surface area contributed by atoms with E-state index in [1.807, 2.05) is 0 Å². The summed E-state index contributed by atoms with van der Waals surface area (Å²) in [6.07, 6.45) is -9.47. The van der Waals surface area contributed by atoms with Crippen LogP contribution in [-0.4, -0.2) is 13.1 Å². The number of ether oxygens (including phenoxy) is 2. The standard InChI is InChI=1S/C27H24F6O3/c1-16(2)13-22(25(34)35-3)21-14-18(17-7-5-4-6-8-17)15-23(24(21)27(31,32)33)36-20-11-9-19(10-12-20)26(28,29)30/h4-12,14-16,22H,13H2,1-3H3. The van der Waals surface area contributed by atoms with Crippen molar-refractivity contribution >= 4 is 5.97 Å². The second-order valence-electron chi connectivity index (χ2n) is 8.63. The van der Waals surface area contributed by atoms with E-state index in [2.05, 4.69) is 0 Å². The van der Waals surface area contributed by atoms with E-state index in [1.54, 1.807) is 44.2 Å². The average Bonchev–Trinajstić information content (AvgIpc) is 2.81. The van der Waals surface area contributed by atoms with Crippen LogP contribution >= 0.6 is 0 Å². The van der Waals surface area contributed by atoms with Crippen molar-refractivity contribution in [1.29, 1.82) is 0 Å². The minimum atomic E-state index is -4.94. The summed E-state index contributed by atoms with van der Waals surface area (Å²) in [5.74, 6) is -3.07. The van der Waals surface area contributed by atoms with E-state index in [1.165, 1.54) is 12.1 Å². The number of carbonyl (C=O) groups excluding carboxylic acids is 1. The molecule has 0 spiro atoms. The third kappa shape index (κ3) is 6.38. The topological polar surface area (TPSA) is 35.5 Å². The molecule has 3 nitrogen and oxygen atoms in total. The smallest absolute Gasteiger partial charge is 0.420 e. The fourth-order valence-corrected chi connectivity index (χ4v) is 3.90. The monoisotopic (exact) mass is 510 g/mol. The number of hydrogen-bond donors (Lipinski definition) is 0. The van der Waals surface area contributed by atoms with Crippen LogP contribution in [0.2, 0.25) is 0 Å². The first kappa shape index (κ1) is 27.1. The molecule has 0 fully saturated rings. The van der Waals surface area contributed by atoms with Crippen LogP contribution in [0.25, 0.3) is 11.1 Å². The number of halogens is 6. The van der Waals surface area contributed by atoms with E-state index in [9.17, 15) is 31.1 Å². The van der Waals surface area contributed by atoms with Gasteiger partial charge in [-0.25, -0.2) is 0 Å². The van der Waals surface area contributed by atoms with Gasteiger partial charge in [0.1, 0.15) is 17.1 Å². The molecule has 0 heterocycles. The Morgan fingerprint density at radius 2 is 1.44 bits per heavy atom. The maximum absolute atomic E-state index is 14.5. The van der Waals surface area contributed by atoms with Crippen LogP contribution < -0.4 is 4.74 Å². The zero-order chi connectivity index (χ0) is 26.7. The fourth-order valence-electron chi connectivity index (χ4n) is 3.90. The molecular weight excluding hydrogens is 486 g/mol. The average molecular weight is 510 g/mol. The van der Waals surface area contributed by atoms with Gasteiger partial charge in [0.05, 0.1) is 18.6 Å². The van der Waals surface area contributed by atoms with Crippen molar-refractivity contribution in [3.8, 4) is 22.6 Å². The van der Waals surface area contributed by atoms with Crippen LogP contribution in [0.5, 0.6) is 11.5 Å². The fraction of sp³-hybridized carbons (Fsp3) is 0.296. The van der Waals surface area contributed by atoms with Gasteiger partial charge in [0.25, 0.3) is 0 Å². The van der Waals surface area contributed by atoms with Gasteiger partial charge in [-0.05, 0) is 65.4 Å². The van der Waals surface area contributed by atoms with Gasteiger partial charge in [-0.1, -0.05) is 44.2 Å². The molecular formula is C27H24F6O3. The van der Waals surface area contributed by atoms with Gasteiger partial charge in [0.2, 0.25) is 0 Å². The summed E-state index contributed by atoms with van der Waals surface area (Å²) in [7, 11) is 1.10. The molecule has 0 radical (unpaired) electrons. The largest absolute Gasteiger partial charge is 0.469 e. The summed E-state index contributed by atoms with van der Waals surface area (Å²) in [4.78, 5) is 12.6. The van der Waals surface area contributed by atoms with E-state index in [0.717, 1.165) is 31.4 Å². The highest BCUT2D eigenvalue weighted by molar-refractivity contribution is 5.81. The maximum atomic E-state index is 14.5. The second-order valence-corrected chi connectivity index (χ2v) is 8.63. The van der Waals surface area contributed by atoms with Gasteiger partial charge in [0.15, 0.2) is 0 Å². The van der Waals surface area contributed by atoms with Crippen LogP contribution in [0.1, 0.15) is 42.9 Å². The lowest BCUT2D eigenvalue weighted by molar-refractivity contribution is -0.144. The lowest BCUT2D eigenvalue weighted by atomic mass is 9.85. The normalized spacial score (nSPS) is 12.9. The van der Waals surface area contributed by atoms with E-state index in [0.29, 0.717) is 11.1 Å². The van der Waals surface area contributed by atoms with Crippen molar-refractivity contribution in [2.45, 2.75) is 38.5 Å². The quantitative estimate of drug-likeness (QED) is 0.236. The first-order valence-corrected chi connectivity index (χ1v) is 11.0. The highest BCUT2D eigenvalue weighted by Gasteiger charge is 2.41. The zero-order valence-corrected chi connectivity index (χ0v) is 19.7. The molecule has 3 rings (SSSR count). The second kappa shape index (κ2) is 10.6. The van der Waals surface area contributed by atoms with Crippen molar-refractivity contribution in [2.24, 2.45) is 5.92 Å². The summed E-state index contributed by atoms with van der Waals surface area (Å²) < 4.78 is 92.5. The van der Waals surface area contributed by atoms with Gasteiger partial charge in [-0.15, -0.1) is 0 Å². The number of alkyl halides is 6. The van der Waals surface area contributed by atoms with Gasteiger partial charge in [-0.3, -0.25) is 4.79 Å². The van der Waals surface area contributed by atoms with Crippen molar-refractivity contribution in [1.82, 2.24) is 0 Å². The third-order valence-corrected chi connectivity index (χ3v) is 5.50. The predicted molar refractivity (Wildman–Crippen MR) is 123 cm³/mol. The maximum Gasteiger partial charge on any atom is 0.420 e. The first-order chi connectivity index (χ1) is 16.8. The molecule has 0 saturated carbocycles. The van der Waals surface area contributed by atoms with Gasteiger partial charge in [-0.2, -0.15) is 26.3 Å². The molecule has 1 atom stereocenters. The van der Waals surface area contributed by atoms with Crippen LogP contribution in [0, 0.1) is 5.92 Å². The van der Waals surface area contributed by atoms with E-state index in [-0.39, 0.29) is 23.7 Å². The summed E-state index contributed by atoms with van der Waals surface area (Å²) in [6.45, 7) is 3.54. The molecule has 0 saturated heterocycles. The number of benzene rings is 3. The Kier molecular flexibility index (Phi) is 8.01. The van der Waals surface area contributed by atoms with Crippen LogP contribution in [-0.2, 0) is 21.9 Å². The Bertz CT molecular complexity index is 1180. The molecule has 0 bridgehead atoms. The summed E-state index contributed by atoms with van der Waals surface area (Å²) in [6, 6.07) is 14.3. The van der Waals surface area contributed by atoms with E-state index >= 15 is 0 Å². The minimum absolute atomic E-state index is 0.0771. The van der Waals surface area contributed by atoms with Crippen molar-refractivity contribution in [3.63, 3.8) is 0 Å². The molecule has 3 aromatic carbocycles. The van der Waals surface area contributed by atoms with Crippen LogP contribution in [0.4, 0.5) is 26.3 Å². The number of esters is 1. The molecule has 0 aliphatic heterocycles. The Balaban J connectivity index is 2.26. The third-order valence-electron chi connectivity index (χ3n) is 5.50. The first-order valence-electron chi connectivity index (χ1n) is 11.0. The lowest BCUT2D eigenvalue weighted by Crippen LogP contribution is -2.21. The SMILES string of the molecule is COC(=O)C(CC(C)C)c1cc(-c2ccccc2)cc(Oc2ccc(C(F)(F)F)cc2)c1C(F)(F)F. The highest BCUT2D eigenvalue weighted by Crippen LogP contribution is 2.46. The number of carbonyl (C=O) groups is 1. The van der Waals surface area contributed by atoms with Gasteiger partial charge in [0, 0.05) is 0 Å². The molecule has 36 heavy (non-hydrogen) atoms. The number of rotatable bonds is 7. The van der Waals surface area contributed by atoms with Crippen LogP contribution in [0.15, 0.2) is 66.7 Å². The van der Waals surface area contributed by atoms with Gasteiger partial charge < -0.3 is 9.47 Å². The summed E-state index contributed by atoms with van der Waals surface area (Å²) >= 11 is 0. The predicted octanol–water partition coefficient (Wildman–Crippen LogP) is 8.49. The highest BCUT2D eigenvalue weighted by atomic mass is 19.4. The van der Waals surface area contributed by atoms with E-state index in [4.69, 9.17) is 9.47 Å². The lowest BCUT2D eigenvalue weighted by Gasteiger charge is -2.25. The molecule has 0 aliphatic carbocycles. The van der Waals surface area contributed by atoms with Crippen molar-refractivity contribution < 1.29 is 40.6 Å². The molecule has 0 amide bonds. The molecule has 1 unspecified atom stereocenters. The zero-order valence-electron chi connectivity index (χ0n) is 19.7. The Morgan fingerprint density at radius 1 is 0.833 bits per heavy atom. The molecule has 3 aromatic rings. The molecule has 192 valence electrons. The molecule has 9 heteroatoms. The summed E-state index contributed by atoms with van der Waals surface area (Å²) in [5, 5.41) is 0. The minimum Gasteiger partial charge on any atom is -0.469 e. The molecule has 0 aromatic heterocycles. The number of hydrogen-bond acceptors (Lipinski definition) is 3. The Morgan fingerprint density at radius 3 is 1.94 bits per heavy atom. The van der Waals surface area contributed by atoms with Crippen molar-refractivity contribution in [2.75, 3.05) is 7.11 Å².